The molecule has 67 heavy (non-hydrogen) atoms. The molecule has 0 heterocycles. The van der Waals surface area contributed by atoms with E-state index in [4.69, 9.17) is 4.74 Å². The second kappa shape index (κ2) is 57.4. The zero-order chi connectivity index (χ0) is 48.6. The summed E-state index contributed by atoms with van der Waals surface area (Å²) < 4.78 is 5.47. The van der Waals surface area contributed by atoms with Crippen LogP contribution in [-0.2, 0) is 14.3 Å². The first-order valence-electron chi connectivity index (χ1n) is 30.8. The summed E-state index contributed by atoms with van der Waals surface area (Å²) >= 11 is 0. The molecule has 0 aliphatic carbocycles. The molecule has 0 spiro atoms. The van der Waals surface area contributed by atoms with Crippen molar-refractivity contribution in [3.63, 3.8) is 0 Å². The Morgan fingerprint density at radius 1 is 0.358 bits per heavy atom. The van der Waals surface area contributed by atoms with Crippen LogP contribution in [0.25, 0.3) is 0 Å². The van der Waals surface area contributed by atoms with Crippen molar-refractivity contribution in [1.82, 2.24) is 5.32 Å². The Morgan fingerprint density at radius 2 is 0.612 bits per heavy atom. The van der Waals surface area contributed by atoms with Gasteiger partial charge < -0.3 is 20.3 Å². The molecule has 0 rings (SSSR count). The minimum atomic E-state index is -0.670. The lowest BCUT2D eigenvalue weighted by Crippen LogP contribution is -2.45. The Hall–Kier alpha value is -1.14. The topological polar surface area (TPSA) is 95.9 Å². The van der Waals surface area contributed by atoms with Gasteiger partial charge in [0.05, 0.1) is 25.4 Å². The van der Waals surface area contributed by atoms with Gasteiger partial charge in [0, 0.05) is 12.8 Å². The summed E-state index contributed by atoms with van der Waals surface area (Å²) in [7, 11) is 0. The maximum atomic E-state index is 12.5. The molecule has 2 unspecified atom stereocenters. The Labute approximate surface area is 419 Å². The number of amides is 1. The number of esters is 1. The van der Waals surface area contributed by atoms with Crippen molar-refractivity contribution in [3.8, 4) is 0 Å². The molecule has 0 bridgehead atoms. The third-order valence-corrected chi connectivity index (χ3v) is 14.7. The average molecular weight is 949 g/mol. The van der Waals surface area contributed by atoms with Gasteiger partial charge in [-0.05, 0) is 25.7 Å². The lowest BCUT2D eigenvalue weighted by molar-refractivity contribution is -0.143. The highest BCUT2D eigenvalue weighted by atomic mass is 16.5. The molecule has 0 saturated heterocycles. The number of unbranched alkanes of at least 4 members (excludes halogenated alkanes) is 47. The van der Waals surface area contributed by atoms with Crippen LogP contribution >= 0.6 is 0 Å². The molecule has 0 saturated carbocycles. The van der Waals surface area contributed by atoms with E-state index in [1.54, 1.807) is 0 Å². The van der Waals surface area contributed by atoms with Crippen LogP contribution in [0.15, 0.2) is 0 Å². The number of aliphatic hydroxyl groups excluding tert-OH is 2. The molecule has 0 aromatic rings. The van der Waals surface area contributed by atoms with E-state index in [1.165, 1.54) is 276 Å². The third-order valence-electron chi connectivity index (χ3n) is 14.7. The first kappa shape index (κ1) is 65.9. The molecule has 0 aromatic heterocycles. The van der Waals surface area contributed by atoms with Crippen molar-refractivity contribution in [2.45, 2.75) is 366 Å². The summed E-state index contributed by atoms with van der Waals surface area (Å²) in [6.07, 6.45) is 66.7. The summed E-state index contributed by atoms with van der Waals surface area (Å²) in [5, 5.41) is 23.4. The van der Waals surface area contributed by atoms with E-state index < -0.39 is 12.1 Å². The molecule has 0 aromatic carbocycles. The van der Waals surface area contributed by atoms with Crippen LogP contribution < -0.4 is 5.32 Å². The van der Waals surface area contributed by atoms with E-state index in [1.807, 2.05) is 0 Å². The fraction of sp³-hybridized carbons (Fsp3) is 0.967. The standard InChI is InChI=1S/C61H121NO5/c1-3-5-7-9-11-13-15-17-18-19-20-21-22-23-24-25-27-30-33-37-41-45-49-53-59(64)58(57-63)62-60(65)54-50-46-42-38-34-31-28-26-29-32-36-40-44-48-52-56-67-61(66)55-51-47-43-39-35-16-14-12-10-8-6-4-2/h58-59,63-64H,3-57H2,1-2H3,(H,62,65). The number of carbonyl (C=O) groups is 2. The van der Waals surface area contributed by atoms with Gasteiger partial charge in [0.1, 0.15) is 0 Å². The molecular formula is C61H121NO5. The van der Waals surface area contributed by atoms with Gasteiger partial charge in [-0.1, -0.05) is 316 Å². The van der Waals surface area contributed by atoms with E-state index in [9.17, 15) is 19.8 Å². The van der Waals surface area contributed by atoms with Crippen LogP contribution in [0.5, 0.6) is 0 Å². The highest BCUT2D eigenvalue weighted by molar-refractivity contribution is 5.76. The van der Waals surface area contributed by atoms with Gasteiger partial charge in [0.15, 0.2) is 0 Å². The van der Waals surface area contributed by atoms with E-state index in [2.05, 4.69) is 19.2 Å². The molecule has 0 fully saturated rings. The van der Waals surface area contributed by atoms with Crippen LogP contribution in [0, 0.1) is 0 Å². The van der Waals surface area contributed by atoms with Crippen molar-refractivity contribution >= 4 is 11.9 Å². The predicted molar refractivity (Wildman–Crippen MR) is 292 cm³/mol. The maximum Gasteiger partial charge on any atom is 0.305 e. The van der Waals surface area contributed by atoms with Crippen molar-refractivity contribution in [1.29, 1.82) is 0 Å². The summed E-state index contributed by atoms with van der Waals surface area (Å²) in [4.78, 5) is 24.5. The second-order valence-electron chi connectivity index (χ2n) is 21.4. The van der Waals surface area contributed by atoms with Crippen LogP contribution in [-0.4, -0.2) is 47.4 Å². The number of hydrogen-bond acceptors (Lipinski definition) is 5. The largest absolute Gasteiger partial charge is 0.466 e. The number of aliphatic hydroxyl groups is 2. The number of rotatable bonds is 58. The molecule has 2 atom stereocenters. The lowest BCUT2D eigenvalue weighted by atomic mass is 10.0. The molecule has 1 amide bonds. The highest BCUT2D eigenvalue weighted by Crippen LogP contribution is 2.18. The summed E-state index contributed by atoms with van der Waals surface area (Å²) in [6.45, 7) is 4.97. The van der Waals surface area contributed by atoms with Crippen LogP contribution in [0.3, 0.4) is 0 Å². The second-order valence-corrected chi connectivity index (χ2v) is 21.4. The minimum Gasteiger partial charge on any atom is -0.466 e. The number of hydrogen-bond donors (Lipinski definition) is 3. The molecule has 3 N–H and O–H groups in total. The zero-order valence-electron chi connectivity index (χ0n) is 45.7. The smallest absolute Gasteiger partial charge is 0.305 e. The van der Waals surface area contributed by atoms with Gasteiger partial charge in [0.2, 0.25) is 5.91 Å². The fourth-order valence-corrected chi connectivity index (χ4v) is 9.94. The van der Waals surface area contributed by atoms with Gasteiger partial charge in [-0.3, -0.25) is 9.59 Å². The Morgan fingerprint density at radius 3 is 0.910 bits per heavy atom. The van der Waals surface area contributed by atoms with Gasteiger partial charge in [-0.15, -0.1) is 0 Å². The predicted octanol–water partition coefficient (Wildman–Crippen LogP) is 19.1. The minimum absolute atomic E-state index is 0.00284. The van der Waals surface area contributed by atoms with Crippen molar-refractivity contribution in [3.05, 3.63) is 0 Å². The molecule has 400 valence electrons. The number of carbonyl (C=O) groups excluding carboxylic acids is 2. The van der Waals surface area contributed by atoms with Gasteiger partial charge in [0.25, 0.3) is 0 Å². The molecule has 0 aliphatic rings. The molecule has 0 aliphatic heterocycles. The Balaban J connectivity index is 3.42. The summed E-state index contributed by atoms with van der Waals surface area (Å²) in [6, 6.07) is -0.547. The first-order chi connectivity index (χ1) is 33.0. The van der Waals surface area contributed by atoms with E-state index in [0.29, 0.717) is 25.9 Å². The van der Waals surface area contributed by atoms with E-state index >= 15 is 0 Å². The van der Waals surface area contributed by atoms with Crippen LogP contribution in [0.1, 0.15) is 354 Å². The van der Waals surface area contributed by atoms with Crippen LogP contribution in [0.4, 0.5) is 0 Å². The molecular weight excluding hydrogens is 827 g/mol. The zero-order valence-corrected chi connectivity index (χ0v) is 45.7. The SMILES string of the molecule is CCCCCCCCCCCCCCCCCCCCCCCCCC(O)C(CO)NC(=O)CCCCCCCCCCCCCCCCCOC(=O)CCCCCCCCCCCCCC. The first-order valence-corrected chi connectivity index (χ1v) is 30.8. The van der Waals surface area contributed by atoms with E-state index in [0.717, 1.165) is 44.9 Å². The van der Waals surface area contributed by atoms with Crippen molar-refractivity contribution in [2.75, 3.05) is 13.2 Å². The molecule has 6 heteroatoms. The monoisotopic (exact) mass is 948 g/mol. The lowest BCUT2D eigenvalue weighted by Gasteiger charge is -2.22. The average Bonchev–Trinajstić information content (AvgIpc) is 3.33. The summed E-state index contributed by atoms with van der Waals surface area (Å²) in [5.74, 6) is -0.0357. The van der Waals surface area contributed by atoms with Gasteiger partial charge in [-0.25, -0.2) is 0 Å². The van der Waals surface area contributed by atoms with Gasteiger partial charge in [-0.2, -0.15) is 0 Å². The quantitative estimate of drug-likeness (QED) is 0.0417. The molecule has 6 nitrogen and oxygen atoms in total. The van der Waals surface area contributed by atoms with Crippen molar-refractivity contribution < 1.29 is 24.5 Å². The third kappa shape index (κ3) is 54.0. The maximum absolute atomic E-state index is 12.5. The van der Waals surface area contributed by atoms with Gasteiger partial charge >= 0.3 is 5.97 Å². The number of nitrogens with one attached hydrogen (secondary N) is 1. The van der Waals surface area contributed by atoms with E-state index in [-0.39, 0.29) is 18.5 Å². The highest BCUT2D eigenvalue weighted by Gasteiger charge is 2.20. The Kier molecular flexibility index (Phi) is 56.5. The fourth-order valence-electron chi connectivity index (χ4n) is 9.94. The summed E-state index contributed by atoms with van der Waals surface area (Å²) in [5.41, 5.74) is 0. The Bertz CT molecular complexity index is 959. The van der Waals surface area contributed by atoms with Crippen LogP contribution in [0.2, 0.25) is 0 Å². The molecule has 0 radical (unpaired) electrons. The number of ether oxygens (including phenoxy) is 1. The normalized spacial score (nSPS) is 12.5. The van der Waals surface area contributed by atoms with Crippen molar-refractivity contribution in [2.24, 2.45) is 0 Å².